The van der Waals surface area contributed by atoms with E-state index < -0.39 is 26.5 Å². The molecule has 0 amide bonds. The van der Waals surface area contributed by atoms with Crippen molar-refractivity contribution >= 4 is 19.8 Å². The zero-order valence-corrected chi connectivity index (χ0v) is 52.6. The van der Waals surface area contributed by atoms with Crippen molar-refractivity contribution in [2.24, 2.45) is 5.73 Å². The minimum atomic E-state index is -4.38. The SMILES string of the molecule is CCCCCCCCCCCCCCCCCCCCCCCCCCCCCCCCCCCCCCCCCCC(=O)OC(COC(=O)CCCCCCCCCCCCCCCCCC)COP(=O)(O)OCCN. The molecule has 0 rings (SSSR count). The van der Waals surface area contributed by atoms with Gasteiger partial charge in [-0.25, -0.2) is 4.57 Å². The van der Waals surface area contributed by atoms with Crippen LogP contribution in [0.25, 0.3) is 0 Å². The Balaban J connectivity index is 3.69. The van der Waals surface area contributed by atoms with E-state index in [0.29, 0.717) is 6.42 Å². The number of carbonyl (C=O) groups excluding carboxylic acids is 2. The molecule has 0 bridgehead atoms. The van der Waals surface area contributed by atoms with Crippen LogP contribution in [-0.4, -0.2) is 49.3 Å². The molecule has 3 N–H and O–H groups in total. The van der Waals surface area contributed by atoms with E-state index in [1.54, 1.807) is 0 Å². The van der Waals surface area contributed by atoms with Crippen molar-refractivity contribution < 1.29 is 37.6 Å². The van der Waals surface area contributed by atoms with Crippen LogP contribution in [0.5, 0.6) is 0 Å². The van der Waals surface area contributed by atoms with Gasteiger partial charge in [-0.15, -0.1) is 0 Å². The zero-order valence-electron chi connectivity index (χ0n) is 51.7. The van der Waals surface area contributed by atoms with Gasteiger partial charge in [-0.05, 0) is 12.8 Å². The number of hydrogen-bond acceptors (Lipinski definition) is 8. The molecule has 0 radical (unpaired) electrons. The average Bonchev–Trinajstić information content (AvgIpc) is 3.42. The third-order valence-corrected chi connectivity index (χ3v) is 17.0. The van der Waals surface area contributed by atoms with Gasteiger partial charge in [0.05, 0.1) is 13.2 Å². The normalized spacial score (nSPS) is 12.8. The smallest absolute Gasteiger partial charge is 0.462 e. The third-order valence-electron chi connectivity index (χ3n) is 16.0. The lowest BCUT2D eigenvalue weighted by atomic mass is 10.0. The number of carbonyl (C=O) groups is 2. The largest absolute Gasteiger partial charge is 0.472 e. The second-order valence-electron chi connectivity index (χ2n) is 23.8. The van der Waals surface area contributed by atoms with E-state index in [9.17, 15) is 19.0 Å². The average molecular weight is 1110 g/mol. The van der Waals surface area contributed by atoms with Gasteiger partial charge in [-0.2, -0.15) is 0 Å². The van der Waals surface area contributed by atoms with Crippen molar-refractivity contribution in [3.63, 3.8) is 0 Å². The van der Waals surface area contributed by atoms with E-state index in [-0.39, 0.29) is 38.6 Å². The second-order valence-corrected chi connectivity index (χ2v) is 25.2. The van der Waals surface area contributed by atoms with Crippen LogP contribution < -0.4 is 5.73 Å². The van der Waals surface area contributed by atoms with Crippen LogP contribution >= 0.6 is 7.82 Å². The maximum atomic E-state index is 12.7. The van der Waals surface area contributed by atoms with Crippen molar-refractivity contribution in [3.8, 4) is 0 Å². The summed E-state index contributed by atoms with van der Waals surface area (Å²) in [4.78, 5) is 35.2. The van der Waals surface area contributed by atoms with Crippen LogP contribution in [0.2, 0.25) is 0 Å². The first-order valence-electron chi connectivity index (χ1n) is 34.5. The molecule has 0 aromatic rings. The molecule has 0 saturated heterocycles. The van der Waals surface area contributed by atoms with Crippen molar-refractivity contribution in [2.75, 3.05) is 26.4 Å². The summed E-state index contributed by atoms with van der Waals surface area (Å²) < 4.78 is 33.1. The molecule has 77 heavy (non-hydrogen) atoms. The molecule has 0 aromatic carbocycles. The number of hydrogen-bond donors (Lipinski definition) is 2. The molecule has 0 aliphatic heterocycles. The molecule has 2 unspecified atom stereocenters. The molecule has 0 saturated carbocycles. The number of nitrogens with two attached hydrogens (primary N) is 1. The van der Waals surface area contributed by atoms with Crippen LogP contribution in [0.3, 0.4) is 0 Å². The number of unbranched alkanes of at least 4 members (excludes halogenated alkanes) is 54. The Morgan fingerprint density at radius 1 is 0.338 bits per heavy atom. The molecule has 0 spiro atoms. The Morgan fingerprint density at radius 3 is 0.792 bits per heavy atom. The van der Waals surface area contributed by atoms with Gasteiger partial charge in [-0.1, -0.05) is 361 Å². The minimum Gasteiger partial charge on any atom is -0.462 e. The van der Waals surface area contributed by atoms with Crippen molar-refractivity contribution in [1.82, 2.24) is 0 Å². The van der Waals surface area contributed by atoms with E-state index in [1.165, 1.54) is 321 Å². The molecule has 0 heterocycles. The molecule has 10 heteroatoms. The highest BCUT2D eigenvalue weighted by Gasteiger charge is 2.26. The first kappa shape index (κ1) is 76.0. The summed E-state index contributed by atoms with van der Waals surface area (Å²) in [6.07, 6.45) is 75.1. The molecule has 2 atom stereocenters. The highest BCUT2D eigenvalue weighted by Crippen LogP contribution is 2.43. The minimum absolute atomic E-state index is 0.0586. The Bertz CT molecular complexity index is 1220. The lowest BCUT2D eigenvalue weighted by Crippen LogP contribution is -2.29. The fourth-order valence-electron chi connectivity index (χ4n) is 10.9. The van der Waals surface area contributed by atoms with Crippen LogP contribution in [0.4, 0.5) is 0 Å². The van der Waals surface area contributed by atoms with Gasteiger partial charge >= 0.3 is 19.8 Å². The number of phosphoric ester groups is 1. The highest BCUT2D eigenvalue weighted by molar-refractivity contribution is 7.47. The lowest BCUT2D eigenvalue weighted by Gasteiger charge is -2.19. The van der Waals surface area contributed by atoms with E-state index in [4.69, 9.17) is 24.3 Å². The van der Waals surface area contributed by atoms with Gasteiger partial charge in [0.25, 0.3) is 0 Å². The predicted molar refractivity (Wildman–Crippen MR) is 331 cm³/mol. The fraction of sp³-hybridized carbons (Fsp3) is 0.970. The van der Waals surface area contributed by atoms with E-state index >= 15 is 0 Å². The van der Waals surface area contributed by atoms with Gasteiger partial charge in [0.1, 0.15) is 6.61 Å². The summed E-state index contributed by atoms with van der Waals surface area (Å²) in [5.74, 6) is -0.801. The van der Waals surface area contributed by atoms with E-state index in [0.717, 1.165) is 32.1 Å². The Morgan fingerprint density at radius 2 is 0.558 bits per heavy atom. The van der Waals surface area contributed by atoms with Gasteiger partial charge in [-0.3, -0.25) is 18.6 Å². The van der Waals surface area contributed by atoms with Crippen LogP contribution in [0, 0.1) is 0 Å². The fourth-order valence-corrected chi connectivity index (χ4v) is 11.6. The van der Waals surface area contributed by atoms with Crippen LogP contribution in [0.15, 0.2) is 0 Å². The highest BCUT2D eigenvalue weighted by atomic mass is 31.2. The topological polar surface area (TPSA) is 134 Å². The number of rotatable bonds is 67. The second kappa shape index (κ2) is 64.2. The number of ether oxygens (including phenoxy) is 2. The van der Waals surface area contributed by atoms with Gasteiger partial charge < -0.3 is 20.1 Å². The third kappa shape index (κ3) is 64.1. The van der Waals surface area contributed by atoms with Gasteiger partial charge in [0, 0.05) is 19.4 Å². The first-order valence-corrected chi connectivity index (χ1v) is 36.0. The molecular formula is C67H134NO8P. The van der Waals surface area contributed by atoms with E-state index in [2.05, 4.69) is 13.8 Å². The molecule has 9 nitrogen and oxygen atoms in total. The summed E-state index contributed by atoms with van der Waals surface area (Å²) >= 11 is 0. The monoisotopic (exact) mass is 1110 g/mol. The quantitative estimate of drug-likeness (QED) is 0.0347. The summed E-state index contributed by atoms with van der Waals surface area (Å²) in [7, 11) is -4.38. The molecular weight excluding hydrogens is 978 g/mol. The molecule has 0 aliphatic carbocycles. The maximum Gasteiger partial charge on any atom is 0.472 e. The van der Waals surface area contributed by atoms with E-state index in [1.807, 2.05) is 0 Å². The zero-order chi connectivity index (χ0) is 55.9. The van der Waals surface area contributed by atoms with Crippen molar-refractivity contribution in [2.45, 2.75) is 392 Å². The number of esters is 2. The summed E-state index contributed by atoms with van der Waals surface area (Å²) in [5, 5.41) is 0. The Kier molecular flexibility index (Phi) is 63.4. The molecule has 0 fully saturated rings. The number of phosphoric acid groups is 1. The standard InChI is InChI=1S/C67H134NO8P/c1-3-5-7-9-11-13-15-17-19-21-22-23-24-25-26-27-28-29-30-31-32-33-34-35-36-37-38-39-40-41-42-43-44-46-48-50-52-54-56-58-60-67(70)76-65(64-75-77(71,72)74-62-61-68)63-73-66(69)59-57-55-53-51-49-47-45-20-18-16-14-12-10-8-6-4-2/h65H,3-64,68H2,1-2H3,(H,71,72). The summed E-state index contributed by atoms with van der Waals surface area (Å²) in [5.41, 5.74) is 5.39. The van der Waals surface area contributed by atoms with Crippen molar-refractivity contribution in [3.05, 3.63) is 0 Å². The Hall–Kier alpha value is -0.990. The summed E-state index contributed by atoms with van der Waals surface area (Å²) in [6, 6.07) is 0. The molecule has 0 aliphatic rings. The van der Waals surface area contributed by atoms with Gasteiger partial charge in [0.2, 0.25) is 0 Å². The first-order chi connectivity index (χ1) is 37.8. The maximum absolute atomic E-state index is 12.7. The Labute approximate surface area is 479 Å². The lowest BCUT2D eigenvalue weighted by molar-refractivity contribution is -0.161. The molecule has 460 valence electrons. The van der Waals surface area contributed by atoms with Gasteiger partial charge in [0.15, 0.2) is 6.10 Å². The predicted octanol–water partition coefficient (Wildman–Crippen LogP) is 22.2. The molecule has 0 aromatic heterocycles. The van der Waals surface area contributed by atoms with Crippen LogP contribution in [0.1, 0.15) is 386 Å². The van der Waals surface area contributed by atoms with Crippen molar-refractivity contribution in [1.29, 1.82) is 0 Å². The summed E-state index contributed by atoms with van der Waals surface area (Å²) in [6.45, 7) is 3.83. The van der Waals surface area contributed by atoms with Crippen LogP contribution in [-0.2, 0) is 32.7 Å².